The first kappa shape index (κ1) is 15.5. The van der Waals surface area contributed by atoms with E-state index >= 15 is 0 Å². The average molecular weight is 275 g/mol. The molecule has 1 fully saturated rings. The van der Waals surface area contributed by atoms with Crippen LogP contribution in [0.2, 0.25) is 0 Å². The van der Waals surface area contributed by atoms with E-state index in [0.717, 1.165) is 19.6 Å². The third-order valence-corrected chi connectivity index (χ3v) is 4.23. The average Bonchev–Trinajstić information content (AvgIpc) is 2.97. The Morgan fingerprint density at radius 1 is 1.00 bits per heavy atom. The maximum Gasteiger partial charge on any atom is 0.145 e. The molecule has 1 heterocycles. The van der Waals surface area contributed by atoms with Crippen molar-refractivity contribution in [2.24, 2.45) is 0 Å². The lowest BCUT2D eigenvalue weighted by atomic mass is 9.96. The second-order valence-electron chi connectivity index (χ2n) is 5.84. The molecule has 1 aromatic rings. The molecule has 1 atom stereocenters. The molecule has 1 saturated heterocycles. The standard InChI is InChI=1S/C18H29NO/c1-2-3-4-5-6-7-11-14-18(19-15-16-20-18)17-12-9-8-10-13-17/h8-10,12-13,19H,2-7,11,14-16H2,1H3/t18-/m0/s1. The van der Waals surface area contributed by atoms with E-state index in [2.05, 4.69) is 42.6 Å². The van der Waals surface area contributed by atoms with Crippen molar-refractivity contribution in [2.45, 2.75) is 64.0 Å². The van der Waals surface area contributed by atoms with Crippen molar-refractivity contribution in [3.8, 4) is 0 Å². The summed E-state index contributed by atoms with van der Waals surface area (Å²) in [7, 11) is 0. The summed E-state index contributed by atoms with van der Waals surface area (Å²) >= 11 is 0. The third kappa shape index (κ3) is 4.32. The fourth-order valence-electron chi connectivity index (χ4n) is 3.06. The SMILES string of the molecule is CCCCCCCCC[C@]1(c2ccccc2)NCCO1. The van der Waals surface area contributed by atoms with E-state index in [9.17, 15) is 0 Å². The zero-order valence-corrected chi connectivity index (χ0v) is 12.9. The Hall–Kier alpha value is -0.860. The molecule has 112 valence electrons. The number of ether oxygens (including phenoxy) is 1. The first-order chi connectivity index (χ1) is 9.87. The minimum Gasteiger partial charge on any atom is -0.355 e. The highest BCUT2D eigenvalue weighted by Crippen LogP contribution is 2.31. The summed E-state index contributed by atoms with van der Waals surface area (Å²) in [6, 6.07) is 10.6. The van der Waals surface area contributed by atoms with E-state index in [0.29, 0.717) is 0 Å². The molecule has 0 amide bonds. The Kier molecular flexibility index (Phi) is 6.55. The quantitative estimate of drug-likeness (QED) is 0.665. The maximum atomic E-state index is 6.06. The maximum absolute atomic E-state index is 6.06. The highest BCUT2D eigenvalue weighted by atomic mass is 16.5. The van der Waals surface area contributed by atoms with Crippen molar-refractivity contribution in [2.75, 3.05) is 13.2 Å². The van der Waals surface area contributed by atoms with Crippen LogP contribution in [0.25, 0.3) is 0 Å². The van der Waals surface area contributed by atoms with E-state index in [1.54, 1.807) is 0 Å². The van der Waals surface area contributed by atoms with Gasteiger partial charge < -0.3 is 4.74 Å². The van der Waals surface area contributed by atoms with E-state index in [4.69, 9.17) is 4.74 Å². The molecule has 1 aliphatic rings. The fraction of sp³-hybridized carbons (Fsp3) is 0.667. The van der Waals surface area contributed by atoms with Gasteiger partial charge >= 0.3 is 0 Å². The number of hydrogen-bond acceptors (Lipinski definition) is 2. The molecule has 2 rings (SSSR count). The van der Waals surface area contributed by atoms with E-state index < -0.39 is 0 Å². The van der Waals surface area contributed by atoms with Crippen molar-refractivity contribution >= 4 is 0 Å². The molecule has 1 aromatic carbocycles. The number of nitrogens with one attached hydrogen (secondary N) is 1. The van der Waals surface area contributed by atoms with Crippen LogP contribution in [-0.4, -0.2) is 13.2 Å². The molecule has 0 spiro atoms. The van der Waals surface area contributed by atoms with Crippen LogP contribution < -0.4 is 5.32 Å². The van der Waals surface area contributed by atoms with Gasteiger partial charge in [-0.05, 0) is 18.4 Å². The highest BCUT2D eigenvalue weighted by Gasteiger charge is 2.35. The molecule has 2 heteroatoms. The molecule has 0 aliphatic carbocycles. The molecule has 0 bridgehead atoms. The van der Waals surface area contributed by atoms with Crippen LogP contribution in [-0.2, 0) is 10.5 Å². The Balaban J connectivity index is 1.76. The molecule has 1 N–H and O–H groups in total. The topological polar surface area (TPSA) is 21.3 Å². The molecule has 2 nitrogen and oxygen atoms in total. The van der Waals surface area contributed by atoms with Crippen LogP contribution in [0.4, 0.5) is 0 Å². The summed E-state index contributed by atoms with van der Waals surface area (Å²) < 4.78 is 6.06. The van der Waals surface area contributed by atoms with Crippen LogP contribution in [0.1, 0.15) is 63.9 Å². The predicted molar refractivity (Wildman–Crippen MR) is 84.7 cm³/mol. The number of benzene rings is 1. The zero-order valence-electron chi connectivity index (χ0n) is 12.9. The number of rotatable bonds is 9. The van der Waals surface area contributed by atoms with Crippen LogP contribution in [0.15, 0.2) is 30.3 Å². The molecule has 0 radical (unpaired) electrons. The minimum absolute atomic E-state index is 0.218. The molecule has 1 aliphatic heterocycles. The van der Waals surface area contributed by atoms with Crippen LogP contribution >= 0.6 is 0 Å². The first-order valence-electron chi connectivity index (χ1n) is 8.32. The van der Waals surface area contributed by atoms with Gasteiger partial charge in [-0.2, -0.15) is 0 Å². The van der Waals surface area contributed by atoms with Gasteiger partial charge in [-0.15, -0.1) is 0 Å². The summed E-state index contributed by atoms with van der Waals surface area (Å²) in [6.07, 6.45) is 10.5. The zero-order chi connectivity index (χ0) is 14.1. The molecular formula is C18H29NO. The van der Waals surface area contributed by atoms with Gasteiger partial charge in [0.15, 0.2) is 0 Å². The van der Waals surface area contributed by atoms with Gasteiger partial charge in [0.2, 0.25) is 0 Å². The van der Waals surface area contributed by atoms with E-state index in [1.807, 2.05) is 0 Å². The van der Waals surface area contributed by atoms with Crippen molar-refractivity contribution in [1.82, 2.24) is 5.32 Å². The number of unbranched alkanes of at least 4 members (excludes halogenated alkanes) is 6. The Morgan fingerprint density at radius 2 is 1.70 bits per heavy atom. The van der Waals surface area contributed by atoms with Crippen molar-refractivity contribution < 1.29 is 4.74 Å². The van der Waals surface area contributed by atoms with Crippen molar-refractivity contribution in [1.29, 1.82) is 0 Å². The van der Waals surface area contributed by atoms with Gasteiger partial charge in [-0.3, -0.25) is 5.32 Å². The monoisotopic (exact) mass is 275 g/mol. The predicted octanol–water partition coefficient (Wildman–Crippen LogP) is 4.60. The van der Waals surface area contributed by atoms with Gasteiger partial charge in [-0.25, -0.2) is 0 Å². The first-order valence-corrected chi connectivity index (χ1v) is 8.32. The van der Waals surface area contributed by atoms with Gasteiger partial charge in [0.1, 0.15) is 5.72 Å². The van der Waals surface area contributed by atoms with Crippen molar-refractivity contribution in [3.05, 3.63) is 35.9 Å². The number of hydrogen-bond donors (Lipinski definition) is 1. The summed E-state index contributed by atoms with van der Waals surface area (Å²) in [5.74, 6) is 0. The second-order valence-corrected chi connectivity index (χ2v) is 5.84. The van der Waals surface area contributed by atoms with Crippen LogP contribution in [0.5, 0.6) is 0 Å². The fourth-order valence-corrected chi connectivity index (χ4v) is 3.06. The smallest absolute Gasteiger partial charge is 0.145 e. The minimum atomic E-state index is -0.218. The van der Waals surface area contributed by atoms with Crippen LogP contribution in [0.3, 0.4) is 0 Å². The lowest BCUT2D eigenvalue weighted by Gasteiger charge is -2.29. The largest absolute Gasteiger partial charge is 0.355 e. The normalized spacial score (nSPS) is 22.2. The summed E-state index contributed by atoms with van der Waals surface area (Å²) in [6.45, 7) is 4.06. The van der Waals surface area contributed by atoms with E-state index in [1.165, 1.54) is 50.5 Å². The Morgan fingerprint density at radius 3 is 2.35 bits per heavy atom. The van der Waals surface area contributed by atoms with Gasteiger partial charge in [0.05, 0.1) is 6.61 Å². The third-order valence-electron chi connectivity index (χ3n) is 4.23. The van der Waals surface area contributed by atoms with Crippen LogP contribution in [0, 0.1) is 0 Å². The van der Waals surface area contributed by atoms with Gasteiger partial charge in [-0.1, -0.05) is 75.8 Å². The molecule has 0 aromatic heterocycles. The van der Waals surface area contributed by atoms with Gasteiger partial charge in [0.25, 0.3) is 0 Å². The highest BCUT2D eigenvalue weighted by molar-refractivity contribution is 5.22. The molecule has 0 saturated carbocycles. The lowest BCUT2D eigenvalue weighted by molar-refractivity contribution is -0.0239. The Bertz CT molecular complexity index is 357. The second kappa shape index (κ2) is 8.43. The molecule has 0 unspecified atom stereocenters. The molecular weight excluding hydrogens is 246 g/mol. The van der Waals surface area contributed by atoms with E-state index in [-0.39, 0.29) is 5.72 Å². The summed E-state index contributed by atoms with van der Waals surface area (Å²) in [5.41, 5.74) is 1.06. The van der Waals surface area contributed by atoms with Crippen molar-refractivity contribution in [3.63, 3.8) is 0 Å². The Labute approximate surface area is 123 Å². The summed E-state index contributed by atoms with van der Waals surface area (Å²) in [5, 5.41) is 3.58. The summed E-state index contributed by atoms with van der Waals surface area (Å²) in [4.78, 5) is 0. The van der Waals surface area contributed by atoms with Gasteiger partial charge in [0, 0.05) is 6.54 Å². The lowest BCUT2D eigenvalue weighted by Crippen LogP contribution is -2.38. The molecule has 20 heavy (non-hydrogen) atoms.